The number of sulfonamides is 1. The van der Waals surface area contributed by atoms with Crippen molar-refractivity contribution in [1.82, 2.24) is 9.88 Å². The second kappa shape index (κ2) is 9.82. The van der Waals surface area contributed by atoms with E-state index in [2.05, 4.69) is 31.9 Å². The highest BCUT2D eigenvalue weighted by Crippen LogP contribution is 2.21. The molecule has 1 aliphatic heterocycles. The van der Waals surface area contributed by atoms with Crippen LogP contribution in [0, 0.1) is 13.8 Å². The molecule has 2 N–H and O–H groups in total. The van der Waals surface area contributed by atoms with Gasteiger partial charge in [-0.3, -0.25) is 9.52 Å². The van der Waals surface area contributed by atoms with Gasteiger partial charge in [0.15, 0.2) is 0 Å². The summed E-state index contributed by atoms with van der Waals surface area (Å²) in [6.45, 7) is 7.49. The van der Waals surface area contributed by atoms with Gasteiger partial charge < -0.3 is 15.1 Å². The lowest BCUT2D eigenvalue weighted by Crippen LogP contribution is -2.44. The van der Waals surface area contributed by atoms with Gasteiger partial charge in [-0.05, 0) is 62.9 Å². The van der Waals surface area contributed by atoms with Gasteiger partial charge in [0.25, 0.3) is 15.9 Å². The van der Waals surface area contributed by atoms with Gasteiger partial charge in [0.05, 0.1) is 16.8 Å². The van der Waals surface area contributed by atoms with Crippen molar-refractivity contribution in [2.75, 3.05) is 48.2 Å². The smallest absolute Gasteiger partial charge is 0.261 e. The summed E-state index contributed by atoms with van der Waals surface area (Å²) in [5.41, 5.74) is 3.00. The first kappa shape index (κ1) is 23.7. The van der Waals surface area contributed by atoms with Crippen LogP contribution in [-0.4, -0.2) is 57.4 Å². The summed E-state index contributed by atoms with van der Waals surface area (Å²) in [6.07, 6.45) is 1.63. The summed E-state index contributed by atoms with van der Waals surface area (Å²) in [7, 11) is -1.74. The van der Waals surface area contributed by atoms with Gasteiger partial charge in [-0.15, -0.1) is 0 Å². The first-order chi connectivity index (χ1) is 16.2. The molecule has 1 amide bonds. The van der Waals surface area contributed by atoms with Gasteiger partial charge in [-0.25, -0.2) is 13.4 Å². The maximum atomic E-state index is 13.0. The number of nitrogens with one attached hydrogen (secondary N) is 2. The molecule has 3 aromatic rings. The molecule has 0 saturated carbocycles. The normalized spacial score (nSPS) is 14.6. The first-order valence-electron chi connectivity index (χ1n) is 11.1. The second-order valence-corrected chi connectivity index (χ2v) is 10.3. The molecule has 0 radical (unpaired) electrons. The number of carbonyl (C=O) groups excluding carboxylic acids is 1. The largest absolute Gasteiger partial charge is 0.354 e. The second-order valence-electron chi connectivity index (χ2n) is 8.60. The Morgan fingerprint density at radius 3 is 2.24 bits per heavy atom. The molecular formula is C25H29N5O3S. The van der Waals surface area contributed by atoms with Crippen molar-refractivity contribution in [3.05, 3.63) is 77.5 Å². The molecule has 0 unspecified atom stereocenters. The molecule has 1 saturated heterocycles. The predicted octanol–water partition coefficient (Wildman–Crippen LogP) is 3.50. The number of hydrogen-bond donors (Lipinski definition) is 2. The van der Waals surface area contributed by atoms with Crippen LogP contribution >= 0.6 is 0 Å². The zero-order valence-electron chi connectivity index (χ0n) is 19.6. The number of nitrogens with zero attached hydrogens (tertiary/aromatic N) is 3. The van der Waals surface area contributed by atoms with Crippen molar-refractivity contribution in [2.24, 2.45) is 0 Å². The molecule has 2 heterocycles. The third-order valence-corrected chi connectivity index (χ3v) is 7.28. The van der Waals surface area contributed by atoms with Crippen LogP contribution in [0.2, 0.25) is 0 Å². The first-order valence-corrected chi connectivity index (χ1v) is 12.6. The monoisotopic (exact) mass is 479 g/mol. The standard InChI is InChI=1S/C25H29N5O3S/c1-18-4-7-20(8-5-18)28-34(32,33)22-10-6-19(2)23(16-22)25(31)27-21-9-11-24(26-17-21)30-14-12-29(3)13-15-30/h4-11,16-17,28H,12-15H2,1-3H3,(H,27,31). The number of pyridine rings is 1. The molecule has 0 atom stereocenters. The van der Waals surface area contributed by atoms with Crippen LogP contribution in [0.15, 0.2) is 65.7 Å². The SMILES string of the molecule is Cc1ccc(NS(=O)(=O)c2ccc(C)c(C(=O)Nc3ccc(N4CCN(C)CC4)nc3)c2)cc1. The highest BCUT2D eigenvalue weighted by molar-refractivity contribution is 7.92. The highest BCUT2D eigenvalue weighted by Gasteiger charge is 2.19. The molecule has 8 nitrogen and oxygen atoms in total. The number of amides is 1. The molecule has 1 fully saturated rings. The number of benzene rings is 2. The summed E-state index contributed by atoms with van der Waals surface area (Å²) in [5.74, 6) is 0.483. The fourth-order valence-corrected chi connectivity index (χ4v) is 4.81. The molecule has 1 aliphatic rings. The minimum absolute atomic E-state index is 0.0207. The van der Waals surface area contributed by atoms with E-state index in [1.807, 2.05) is 31.2 Å². The van der Waals surface area contributed by atoms with Gasteiger partial charge in [0.1, 0.15) is 5.82 Å². The van der Waals surface area contributed by atoms with E-state index in [0.717, 1.165) is 37.6 Å². The third kappa shape index (κ3) is 5.55. The number of aromatic nitrogens is 1. The van der Waals surface area contributed by atoms with Crippen LogP contribution < -0.4 is 14.9 Å². The molecule has 178 valence electrons. The molecule has 4 rings (SSSR count). The van der Waals surface area contributed by atoms with Crippen molar-refractivity contribution >= 4 is 33.1 Å². The van der Waals surface area contributed by atoms with Crippen LogP contribution in [0.25, 0.3) is 0 Å². The summed E-state index contributed by atoms with van der Waals surface area (Å²) < 4.78 is 28.3. The number of likely N-dealkylation sites (N-methyl/N-ethyl adjacent to an activating group) is 1. The molecule has 0 aliphatic carbocycles. The van der Waals surface area contributed by atoms with E-state index < -0.39 is 10.0 Å². The summed E-state index contributed by atoms with van der Waals surface area (Å²) in [5, 5.41) is 2.83. The van der Waals surface area contributed by atoms with E-state index >= 15 is 0 Å². The summed E-state index contributed by atoms with van der Waals surface area (Å²) >= 11 is 0. The number of aryl methyl sites for hydroxylation is 2. The number of anilines is 3. The van der Waals surface area contributed by atoms with Gasteiger partial charge in [-0.2, -0.15) is 0 Å². The average Bonchev–Trinajstić information content (AvgIpc) is 2.81. The Morgan fingerprint density at radius 2 is 1.59 bits per heavy atom. The molecule has 0 bridgehead atoms. The predicted molar refractivity (Wildman–Crippen MR) is 135 cm³/mol. The Labute approximate surface area is 200 Å². The molecule has 2 aromatic carbocycles. The van der Waals surface area contributed by atoms with E-state index in [1.165, 1.54) is 12.1 Å². The number of hydrogen-bond acceptors (Lipinski definition) is 6. The van der Waals surface area contributed by atoms with Gasteiger partial charge >= 0.3 is 0 Å². The fraction of sp³-hybridized carbons (Fsp3) is 0.280. The van der Waals surface area contributed by atoms with Gasteiger partial charge in [-0.1, -0.05) is 23.8 Å². The Morgan fingerprint density at radius 1 is 0.912 bits per heavy atom. The Balaban J connectivity index is 1.48. The van der Waals surface area contributed by atoms with Gasteiger partial charge in [0, 0.05) is 37.4 Å². The van der Waals surface area contributed by atoms with E-state index in [1.54, 1.807) is 31.3 Å². The topological polar surface area (TPSA) is 94.6 Å². The van der Waals surface area contributed by atoms with Crippen LogP contribution in [0.3, 0.4) is 0 Å². The lowest BCUT2D eigenvalue weighted by molar-refractivity contribution is 0.102. The van der Waals surface area contributed by atoms with Crippen LogP contribution in [0.5, 0.6) is 0 Å². The zero-order valence-corrected chi connectivity index (χ0v) is 20.4. The van der Waals surface area contributed by atoms with Crippen molar-refractivity contribution < 1.29 is 13.2 Å². The quantitative estimate of drug-likeness (QED) is 0.562. The minimum atomic E-state index is -3.85. The number of rotatable bonds is 6. The maximum absolute atomic E-state index is 13.0. The van der Waals surface area contributed by atoms with E-state index in [4.69, 9.17) is 0 Å². The molecular weight excluding hydrogens is 450 g/mol. The van der Waals surface area contributed by atoms with Crippen molar-refractivity contribution in [3.8, 4) is 0 Å². The summed E-state index contributed by atoms with van der Waals surface area (Å²) in [6, 6.07) is 15.3. The van der Waals surface area contributed by atoms with E-state index in [9.17, 15) is 13.2 Å². The number of piperazine rings is 1. The van der Waals surface area contributed by atoms with E-state index in [0.29, 0.717) is 16.9 Å². The van der Waals surface area contributed by atoms with Crippen LogP contribution in [0.4, 0.5) is 17.2 Å². The lowest BCUT2D eigenvalue weighted by atomic mass is 10.1. The van der Waals surface area contributed by atoms with Crippen LogP contribution in [-0.2, 0) is 10.0 Å². The fourth-order valence-electron chi connectivity index (χ4n) is 3.73. The third-order valence-electron chi connectivity index (χ3n) is 5.90. The molecule has 9 heteroatoms. The van der Waals surface area contributed by atoms with Crippen molar-refractivity contribution in [1.29, 1.82) is 0 Å². The molecule has 34 heavy (non-hydrogen) atoms. The minimum Gasteiger partial charge on any atom is -0.354 e. The average molecular weight is 480 g/mol. The molecule has 0 spiro atoms. The Kier molecular flexibility index (Phi) is 6.85. The van der Waals surface area contributed by atoms with Crippen molar-refractivity contribution in [2.45, 2.75) is 18.7 Å². The maximum Gasteiger partial charge on any atom is 0.261 e. The molecule has 1 aromatic heterocycles. The van der Waals surface area contributed by atoms with Crippen molar-refractivity contribution in [3.63, 3.8) is 0 Å². The Hall–Kier alpha value is -3.43. The zero-order chi connectivity index (χ0) is 24.3. The van der Waals surface area contributed by atoms with Crippen LogP contribution in [0.1, 0.15) is 21.5 Å². The Bertz CT molecular complexity index is 1270. The van der Waals surface area contributed by atoms with Gasteiger partial charge in [0.2, 0.25) is 0 Å². The van der Waals surface area contributed by atoms with E-state index in [-0.39, 0.29) is 16.4 Å². The summed E-state index contributed by atoms with van der Waals surface area (Å²) in [4.78, 5) is 22.0. The highest BCUT2D eigenvalue weighted by atomic mass is 32.2. The number of carbonyl (C=O) groups is 1. The lowest BCUT2D eigenvalue weighted by Gasteiger charge is -2.33.